The Balaban J connectivity index is 1.85. The topological polar surface area (TPSA) is 91.1 Å². The van der Waals surface area contributed by atoms with E-state index in [1.54, 1.807) is 30.3 Å². The summed E-state index contributed by atoms with van der Waals surface area (Å²) in [6.45, 7) is 3.82. The van der Waals surface area contributed by atoms with Crippen molar-refractivity contribution in [3.05, 3.63) is 72.5 Å². The Morgan fingerprint density at radius 3 is 2.29 bits per heavy atom. The molecule has 0 radical (unpaired) electrons. The van der Waals surface area contributed by atoms with E-state index in [2.05, 4.69) is 20.9 Å². The first-order valence-electron chi connectivity index (χ1n) is 10.6. The largest absolute Gasteiger partial charge is 0.493 e. The van der Waals surface area contributed by atoms with E-state index in [0.717, 1.165) is 15.0 Å². The van der Waals surface area contributed by atoms with Crippen molar-refractivity contribution < 1.29 is 23.4 Å². The number of amides is 1. The summed E-state index contributed by atoms with van der Waals surface area (Å²) in [6.07, 6.45) is 0. The van der Waals surface area contributed by atoms with Crippen molar-refractivity contribution in [2.45, 2.75) is 19.9 Å². The molecule has 1 amide bonds. The highest BCUT2D eigenvalue weighted by molar-refractivity contribution is 9.10. The quantitative estimate of drug-likeness (QED) is 0.324. The van der Waals surface area contributed by atoms with Crippen LogP contribution < -0.4 is 24.5 Å². The fourth-order valence-corrected chi connectivity index (χ4v) is 5.57. The molecule has 8 nitrogen and oxygen atoms in total. The summed E-state index contributed by atoms with van der Waals surface area (Å²) in [5, 5.41) is 0.844. The highest BCUT2D eigenvalue weighted by Gasteiger charge is 2.45. The van der Waals surface area contributed by atoms with Gasteiger partial charge in [0.25, 0.3) is 5.91 Å². The summed E-state index contributed by atoms with van der Waals surface area (Å²) in [5.41, 5.74) is 1.69. The van der Waals surface area contributed by atoms with Gasteiger partial charge in [-0.15, -0.1) is 11.3 Å². The van der Waals surface area contributed by atoms with Crippen molar-refractivity contribution >= 4 is 49.3 Å². The van der Waals surface area contributed by atoms with Crippen LogP contribution in [0.1, 0.15) is 38.3 Å². The summed E-state index contributed by atoms with van der Waals surface area (Å²) in [7, 11) is 4.54. The number of halogens is 1. The third-order valence-corrected chi connectivity index (χ3v) is 7.62. The van der Waals surface area contributed by atoms with E-state index in [1.165, 1.54) is 37.6 Å². The second-order valence-corrected chi connectivity index (χ2v) is 10.1. The molecule has 180 valence electrons. The number of carbonyl (C=O) groups excluding carboxylic acids is 1. The number of aromatic nitrogens is 1. The molecule has 3 heterocycles. The SMILES string of the molecule is COc1cc(C2c3c(oc4ccc(Br)cc4c3=O)C(=O)N2c2nc(C)c(C)s2)cc(OC)c1OC. The number of hydrogen-bond acceptors (Lipinski definition) is 8. The first-order valence-corrected chi connectivity index (χ1v) is 12.2. The van der Waals surface area contributed by atoms with Gasteiger partial charge in [0.1, 0.15) is 5.58 Å². The Labute approximate surface area is 213 Å². The number of rotatable bonds is 5. The third-order valence-electron chi connectivity index (χ3n) is 6.06. The number of aryl methyl sites for hydroxylation is 2. The highest BCUT2D eigenvalue weighted by Crippen LogP contribution is 2.47. The van der Waals surface area contributed by atoms with Gasteiger partial charge in [-0.3, -0.25) is 14.5 Å². The molecule has 1 aliphatic heterocycles. The maximum atomic E-state index is 13.8. The van der Waals surface area contributed by atoms with Crippen LogP contribution in [0.3, 0.4) is 0 Å². The molecule has 2 aromatic carbocycles. The smallest absolute Gasteiger partial charge is 0.297 e. The fourth-order valence-electron chi connectivity index (χ4n) is 4.28. The molecular formula is C25H21BrN2O6S. The van der Waals surface area contributed by atoms with Crippen LogP contribution >= 0.6 is 27.3 Å². The van der Waals surface area contributed by atoms with Gasteiger partial charge in [-0.25, -0.2) is 4.98 Å². The van der Waals surface area contributed by atoms with E-state index >= 15 is 0 Å². The molecule has 0 bridgehead atoms. The Bertz CT molecular complexity index is 1520. The monoisotopic (exact) mass is 556 g/mol. The van der Waals surface area contributed by atoms with E-state index in [9.17, 15) is 9.59 Å². The van der Waals surface area contributed by atoms with Crippen LogP contribution in [-0.2, 0) is 0 Å². The van der Waals surface area contributed by atoms with Crippen LogP contribution in [-0.4, -0.2) is 32.2 Å². The van der Waals surface area contributed by atoms with Crippen LogP contribution in [0.5, 0.6) is 17.2 Å². The Kier molecular flexibility index (Phi) is 5.80. The standard InChI is InChI=1S/C25H21BrN2O6S/c1-11-12(2)35-25(27-11)28-20(13-8-17(31-3)22(33-5)18(9-13)32-4)19-21(29)15-10-14(26)6-7-16(15)34-23(19)24(28)30/h6-10,20H,1-5H3. The molecule has 1 unspecified atom stereocenters. The number of anilines is 1. The van der Waals surface area contributed by atoms with Crippen LogP contribution in [0.25, 0.3) is 11.0 Å². The van der Waals surface area contributed by atoms with Gasteiger partial charge in [0.15, 0.2) is 22.1 Å². The highest BCUT2D eigenvalue weighted by atomic mass is 79.9. The predicted molar refractivity (Wildman–Crippen MR) is 137 cm³/mol. The van der Waals surface area contributed by atoms with E-state index in [0.29, 0.717) is 38.9 Å². The molecule has 0 saturated carbocycles. The normalized spacial score (nSPS) is 15.0. The number of hydrogen-bond donors (Lipinski definition) is 0. The first-order chi connectivity index (χ1) is 16.8. The summed E-state index contributed by atoms with van der Waals surface area (Å²) >= 11 is 4.80. The summed E-state index contributed by atoms with van der Waals surface area (Å²) in [6, 6.07) is 7.79. The molecule has 2 aromatic heterocycles. The zero-order chi connectivity index (χ0) is 25.0. The average molecular weight is 557 g/mol. The van der Waals surface area contributed by atoms with Gasteiger partial charge in [0.05, 0.1) is 44.0 Å². The van der Waals surface area contributed by atoms with Crippen molar-refractivity contribution in [2.75, 3.05) is 26.2 Å². The number of methoxy groups -OCH3 is 3. The van der Waals surface area contributed by atoms with E-state index in [4.69, 9.17) is 18.6 Å². The van der Waals surface area contributed by atoms with E-state index in [-0.39, 0.29) is 16.8 Å². The average Bonchev–Trinajstić information content (AvgIpc) is 3.34. The zero-order valence-corrected chi connectivity index (χ0v) is 22.0. The number of ether oxygens (including phenoxy) is 3. The summed E-state index contributed by atoms with van der Waals surface area (Å²) in [4.78, 5) is 34.7. The lowest BCUT2D eigenvalue weighted by molar-refractivity contribution is 0.0971. The van der Waals surface area contributed by atoms with Gasteiger partial charge in [-0.1, -0.05) is 15.9 Å². The Hall–Kier alpha value is -3.37. The van der Waals surface area contributed by atoms with Gasteiger partial charge in [-0.2, -0.15) is 0 Å². The minimum absolute atomic E-state index is 0.00548. The van der Waals surface area contributed by atoms with Gasteiger partial charge < -0.3 is 18.6 Å². The van der Waals surface area contributed by atoms with E-state index in [1.807, 2.05) is 13.8 Å². The van der Waals surface area contributed by atoms with Crippen LogP contribution in [0.4, 0.5) is 5.13 Å². The molecule has 0 spiro atoms. The third kappa shape index (κ3) is 3.59. The number of fused-ring (bicyclic) bond motifs is 2. The minimum Gasteiger partial charge on any atom is -0.493 e. The lowest BCUT2D eigenvalue weighted by atomic mass is 9.98. The van der Waals surface area contributed by atoms with Crippen molar-refractivity contribution in [2.24, 2.45) is 0 Å². The van der Waals surface area contributed by atoms with Gasteiger partial charge in [0.2, 0.25) is 11.5 Å². The maximum Gasteiger partial charge on any atom is 0.297 e. The number of thiazole rings is 1. The van der Waals surface area contributed by atoms with Gasteiger partial charge in [-0.05, 0) is 49.7 Å². The zero-order valence-electron chi connectivity index (χ0n) is 19.6. The molecule has 4 aromatic rings. The molecule has 35 heavy (non-hydrogen) atoms. The Morgan fingerprint density at radius 2 is 1.71 bits per heavy atom. The number of carbonyl (C=O) groups is 1. The lowest BCUT2D eigenvalue weighted by Crippen LogP contribution is -2.29. The van der Waals surface area contributed by atoms with Crippen molar-refractivity contribution in [3.63, 3.8) is 0 Å². The lowest BCUT2D eigenvalue weighted by Gasteiger charge is -2.24. The van der Waals surface area contributed by atoms with Gasteiger partial charge in [0, 0.05) is 9.35 Å². The molecule has 0 saturated heterocycles. The van der Waals surface area contributed by atoms with Crippen molar-refractivity contribution in [1.82, 2.24) is 4.98 Å². The van der Waals surface area contributed by atoms with Gasteiger partial charge >= 0.3 is 0 Å². The van der Waals surface area contributed by atoms with Crippen molar-refractivity contribution in [3.8, 4) is 17.2 Å². The second-order valence-electron chi connectivity index (χ2n) is 7.99. The molecule has 0 N–H and O–H groups in total. The number of benzene rings is 2. The first kappa shape index (κ1) is 23.4. The second kappa shape index (κ2) is 8.69. The predicted octanol–water partition coefficient (Wildman–Crippen LogP) is 5.40. The summed E-state index contributed by atoms with van der Waals surface area (Å²) < 4.78 is 23.3. The molecule has 0 aliphatic carbocycles. The van der Waals surface area contributed by atoms with Crippen LogP contribution in [0.2, 0.25) is 0 Å². The Morgan fingerprint density at radius 1 is 1.03 bits per heavy atom. The van der Waals surface area contributed by atoms with Crippen LogP contribution in [0, 0.1) is 13.8 Å². The molecule has 5 rings (SSSR count). The molecule has 1 atom stereocenters. The molecular weight excluding hydrogens is 536 g/mol. The molecule has 1 aliphatic rings. The summed E-state index contributed by atoms with van der Waals surface area (Å²) in [5.74, 6) is 0.776. The van der Waals surface area contributed by atoms with E-state index < -0.39 is 11.9 Å². The molecule has 0 fully saturated rings. The fraction of sp³-hybridized carbons (Fsp3) is 0.240. The molecule has 10 heteroatoms. The maximum absolute atomic E-state index is 13.8. The number of nitrogens with zero attached hydrogens (tertiary/aromatic N) is 2. The minimum atomic E-state index is -0.809. The van der Waals surface area contributed by atoms with Crippen molar-refractivity contribution in [1.29, 1.82) is 0 Å². The van der Waals surface area contributed by atoms with Crippen LogP contribution in [0.15, 0.2) is 44.0 Å².